The van der Waals surface area contributed by atoms with Crippen molar-refractivity contribution in [2.45, 2.75) is 19.3 Å². The number of nitrogens with one attached hydrogen (secondary N) is 1. The van der Waals surface area contributed by atoms with E-state index in [9.17, 15) is 9.59 Å². The average Bonchev–Trinajstić information content (AvgIpc) is 2.49. The number of halogens is 2. The predicted octanol–water partition coefficient (Wildman–Crippen LogP) is 1.93. The third-order valence-corrected chi connectivity index (χ3v) is 4.55. The summed E-state index contributed by atoms with van der Waals surface area (Å²) in [6.07, 6.45) is 1.16. The van der Waals surface area contributed by atoms with E-state index in [1.807, 2.05) is 0 Å². The lowest BCUT2D eigenvalue weighted by Gasteiger charge is -2.34. The number of primary amides is 1. The molecule has 0 radical (unpaired) electrons. The monoisotopic (exact) mass is 344 g/mol. The van der Waals surface area contributed by atoms with Crippen molar-refractivity contribution in [3.8, 4) is 0 Å². The van der Waals surface area contributed by atoms with Crippen molar-refractivity contribution < 1.29 is 14.3 Å². The van der Waals surface area contributed by atoms with Crippen LogP contribution < -0.4 is 11.1 Å². The molecule has 22 heavy (non-hydrogen) atoms. The highest BCUT2D eigenvalue weighted by Gasteiger charge is 2.38. The molecule has 1 saturated heterocycles. The fraction of sp³-hybridized carbons (Fsp3) is 0.467. The molecule has 7 heteroatoms. The van der Waals surface area contributed by atoms with Crippen LogP contribution in [0.15, 0.2) is 18.2 Å². The van der Waals surface area contributed by atoms with Crippen LogP contribution in [0.1, 0.15) is 18.4 Å². The second-order valence-corrected chi connectivity index (χ2v) is 6.29. The summed E-state index contributed by atoms with van der Waals surface area (Å²) in [5, 5.41) is 3.74. The molecule has 0 saturated carbocycles. The Bertz CT molecular complexity index is 572. The molecular weight excluding hydrogens is 327 g/mol. The average molecular weight is 345 g/mol. The number of ether oxygens (including phenoxy) is 1. The summed E-state index contributed by atoms with van der Waals surface area (Å²) in [6, 6.07) is 4.98. The van der Waals surface area contributed by atoms with E-state index in [1.54, 1.807) is 18.2 Å². The van der Waals surface area contributed by atoms with Gasteiger partial charge >= 0.3 is 0 Å². The van der Waals surface area contributed by atoms with E-state index in [2.05, 4.69) is 5.32 Å². The molecule has 1 heterocycles. The number of hydrogen-bond acceptors (Lipinski definition) is 3. The molecule has 1 aromatic rings. The van der Waals surface area contributed by atoms with E-state index in [-0.39, 0.29) is 18.9 Å². The lowest BCUT2D eigenvalue weighted by Crippen LogP contribution is -2.49. The minimum atomic E-state index is -0.725. The Morgan fingerprint density at radius 1 is 1.27 bits per heavy atom. The first kappa shape index (κ1) is 17.1. The largest absolute Gasteiger partial charge is 0.381 e. The zero-order valence-corrected chi connectivity index (χ0v) is 13.5. The van der Waals surface area contributed by atoms with Crippen molar-refractivity contribution in [3.05, 3.63) is 33.8 Å². The molecule has 0 atom stereocenters. The molecule has 0 aliphatic carbocycles. The van der Waals surface area contributed by atoms with Gasteiger partial charge in [-0.05, 0) is 30.5 Å². The van der Waals surface area contributed by atoms with Crippen molar-refractivity contribution in [2.24, 2.45) is 11.1 Å². The van der Waals surface area contributed by atoms with E-state index >= 15 is 0 Å². The zero-order chi connectivity index (χ0) is 16.2. The van der Waals surface area contributed by atoms with Gasteiger partial charge in [0, 0.05) is 29.8 Å². The minimum absolute atomic E-state index is 0.126. The van der Waals surface area contributed by atoms with Gasteiger partial charge in [-0.2, -0.15) is 0 Å². The topological polar surface area (TPSA) is 81.4 Å². The molecule has 5 nitrogen and oxygen atoms in total. The van der Waals surface area contributed by atoms with E-state index in [4.69, 9.17) is 33.7 Å². The van der Waals surface area contributed by atoms with Crippen LogP contribution in [0, 0.1) is 5.41 Å². The Morgan fingerprint density at radius 3 is 2.55 bits per heavy atom. The molecule has 120 valence electrons. The van der Waals surface area contributed by atoms with Gasteiger partial charge in [0.15, 0.2) is 0 Å². The first-order chi connectivity index (χ1) is 10.4. The van der Waals surface area contributed by atoms with Gasteiger partial charge in [0.25, 0.3) is 0 Å². The van der Waals surface area contributed by atoms with Crippen LogP contribution in [0.2, 0.25) is 10.0 Å². The van der Waals surface area contributed by atoms with Crippen molar-refractivity contribution in [1.82, 2.24) is 5.32 Å². The van der Waals surface area contributed by atoms with E-state index in [0.29, 0.717) is 41.7 Å². The Hall–Kier alpha value is -1.30. The summed E-state index contributed by atoms with van der Waals surface area (Å²) in [5.74, 6) is -0.614. The minimum Gasteiger partial charge on any atom is -0.381 e. The quantitative estimate of drug-likeness (QED) is 0.856. The summed E-state index contributed by atoms with van der Waals surface area (Å²) < 4.78 is 5.25. The third kappa shape index (κ3) is 4.12. The SMILES string of the molecule is NC(=O)C1(CNC(=O)Cc2ccc(Cl)cc2Cl)CCOCC1. The summed E-state index contributed by atoms with van der Waals surface area (Å²) in [5.41, 5.74) is 5.46. The highest BCUT2D eigenvalue weighted by atomic mass is 35.5. The maximum absolute atomic E-state index is 12.1. The van der Waals surface area contributed by atoms with Crippen LogP contribution >= 0.6 is 23.2 Å². The zero-order valence-electron chi connectivity index (χ0n) is 12.0. The lowest BCUT2D eigenvalue weighted by molar-refractivity contribution is -0.133. The predicted molar refractivity (Wildman–Crippen MR) is 84.9 cm³/mol. The molecule has 1 aliphatic heterocycles. The van der Waals surface area contributed by atoms with Crippen LogP contribution in [0.3, 0.4) is 0 Å². The van der Waals surface area contributed by atoms with Crippen LogP contribution in [0.5, 0.6) is 0 Å². The first-order valence-electron chi connectivity index (χ1n) is 7.01. The van der Waals surface area contributed by atoms with Crippen molar-refractivity contribution in [3.63, 3.8) is 0 Å². The second-order valence-electron chi connectivity index (χ2n) is 5.45. The number of rotatable bonds is 5. The van der Waals surface area contributed by atoms with Gasteiger partial charge in [-0.25, -0.2) is 0 Å². The van der Waals surface area contributed by atoms with E-state index in [1.165, 1.54) is 0 Å². The van der Waals surface area contributed by atoms with E-state index in [0.717, 1.165) is 0 Å². The number of benzene rings is 1. The lowest BCUT2D eigenvalue weighted by atomic mass is 9.79. The molecule has 0 unspecified atom stereocenters. The summed E-state index contributed by atoms with van der Waals surface area (Å²) >= 11 is 11.9. The van der Waals surface area contributed by atoms with Crippen molar-refractivity contribution in [1.29, 1.82) is 0 Å². The molecule has 0 aromatic heterocycles. The van der Waals surface area contributed by atoms with Gasteiger partial charge in [-0.15, -0.1) is 0 Å². The van der Waals surface area contributed by atoms with Gasteiger partial charge in [-0.1, -0.05) is 29.3 Å². The first-order valence-corrected chi connectivity index (χ1v) is 7.77. The molecule has 0 bridgehead atoms. The van der Waals surface area contributed by atoms with Crippen molar-refractivity contribution >= 4 is 35.0 Å². The standard InChI is InChI=1S/C15H18Cl2N2O3/c16-11-2-1-10(12(17)8-11)7-13(20)19-9-15(14(18)21)3-5-22-6-4-15/h1-2,8H,3-7,9H2,(H2,18,21)(H,19,20). The van der Waals surface area contributed by atoms with E-state index < -0.39 is 11.3 Å². The number of hydrogen-bond donors (Lipinski definition) is 2. The maximum atomic E-state index is 12.1. The number of carbonyl (C=O) groups excluding carboxylic acids is 2. The molecular formula is C15H18Cl2N2O3. The molecule has 1 aromatic carbocycles. The maximum Gasteiger partial charge on any atom is 0.225 e. The normalized spacial score (nSPS) is 17.0. The smallest absolute Gasteiger partial charge is 0.225 e. The molecule has 1 fully saturated rings. The van der Waals surface area contributed by atoms with Crippen LogP contribution in [-0.4, -0.2) is 31.6 Å². The Balaban J connectivity index is 1.95. The number of nitrogens with two attached hydrogens (primary N) is 1. The summed E-state index contributed by atoms with van der Waals surface area (Å²) in [7, 11) is 0. The van der Waals surface area contributed by atoms with Crippen LogP contribution in [0.4, 0.5) is 0 Å². The highest BCUT2D eigenvalue weighted by Crippen LogP contribution is 2.29. The number of carbonyl (C=O) groups is 2. The number of amides is 2. The molecule has 2 amide bonds. The van der Waals surface area contributed by atoms with Gasteiger partial charge in [0.2, 0.25) is 11.8 Å². The molecule has 3 N–H and O–H groups in total. The Kier molecular flexibility index (Phi) is 5.67. The van der Waals surface area contributed by atoms with Gasteiger partial charge in [-0.3, -0.25) is 9.59 Å². The highest BCUT2D eigenvalue weighted by molar-refractivity contribution is 6.35. The van der Waals surface area contributed by atoms with Crippen molar-refractivity contribution in [2.75, 3.05) is 19.8 Å². The van der Waals surface area contributed by atoms with Crippen LogP contribution in [0.25, 0.3) is 0 Å². The summed E-state index contributed by atoms with van der Waals surface area (Å²) in [4.78, 5) is 23.8. The fourth-order valence-corrected chi connectivity index (χ4v) is 2.92. The molecule has 2 rings (SSSR count). The third-order valence-electron chi connectivity index (χ3n) is 3.96. The molecule has 0 spiro atoms. The second kappa shape index (κ2) is 7.31. The van der Waals surface area contributed by atoms with Gasteiger partial charge in [0.05, 0.1) is 11.8 Å². The Labute approximate surface area is 139 Å². The fourth-order valence-electron chi connectivity index (χ4n) is 2.44. The van der Waals surface area contributed by atoms with Gasteiger partial charge < -0.3 is 15.8 Å². The summed E-state index contributed by atoms with van der Waals surface area (Å²) in [6.45, 7) is 1.17. The van der Waals surface area contributed by atoms with Gasteiger partial charge in [0.1, 0.15) is 0 Å². The molecule has 1 aliphatic rings. The van der Waals surface area contributed by atoms with Crippen LogP contribution in [-0.2, 0) is 20.7 Å². The Morgan fingerprint density at radius 2 is 1.95 bits per heavy atom.